The van der Waals surface area contributed by atoms with Gasteiger partial charge in [-0.15, -0.1) is 0 Å². The van der Waals surface area contributed by atoms with E-state index in [0.29, 0.717) is 6.32 Å². The largest absolute Gasteiger partial charge is 0.466 e. The zero-order valence-corrected chi connectivity index (χ0v) is 6.09. The molecule has 0 rings (SSSR count). The average Bonchev–Trinajstić information content (AvgIpc) is 1.99. The highest BCUT2D eigenvalue weighted by Gasteiger charge is 1.93. The van der Waals surface area contributed by atoms with Crippen molar-refractivity contribution in [1.82, 2.24) is 0 Å². The minimum Gasteiger partial charge on any atom is -0.466 e. The summed E-state index contributed by atoms with van der Waals surface area (Å²) in [5.41, 5.74) is 0. The molecule has 0 aliphatic rings. The molecule has 0 spiro atoms. The summed E-state index contributed by atoms with van der Waals surface area (Å²) in [5, 5.41) is 0. The zero-order chi connectivity index (χ0) is 7.98. The van der Waals surface area contributed by atoms with E-state index in [4.69, 9.17) is 0 Å². The standard InChI is InChI=1S/C6H9BO3/c1-10-6(9)3-2-5(8)4-7/h2-3H,4,7H2,1H3/b3-2-. The predicted molar refractivity (Wildman–Crippen MR) is 39.5 cm³/mol. The molecule has 0 atom stereocenters. The molecule has 0 amide bonds. The summed E-state index contributed by atoms with van der Waals surface area (Å²) < 4.78 is 4.27. The number of rotatable bonds is 3. The molecule has 0 unspecified atom stereocenters. The Balaban J connectivity index is 3.75. The van der Waals surface area contributed by atoms with E-state index in [9.17, 15) is 9.59 Å². The summed E-state index contributed by atoms with van der Waals surface area (Å²) in [4.78, 5) is 20.9. The first-order valence-electron chi connectivity index (χ1n) is 2.99. The molecule has 0 aliphatic heterocycles. The van der Waals surface area contributed by atoms with E-state index in [2.05, 4.69) is 4.74 Å². The first-order valence-corrected chi connectivity index (χ1v) is 2.99. The lowest BCUT2D eigenvalue weighted by atomic mass is 10.0. The van der Waals surface area contributed by atoms with Gasteiger partial charge in [-0.25, -0.2) is 4.79 Å². The van der Waals surface area contributed by atoms with Crippen molar-refractivity contribution in [2.24, 2.45) is 0 Å². The number of methoxy groups -OCH3 is 1. The molecule has 0 heterocycles. The minimum atomic E-state index is -0.498. The monoisotopic (exact) mass is 140 g/mol. The second-order valence-corrected chi connectivity index (χ2v) is 1.68. The van der Waals surface area contributed by atoms with E-state index < -0.39 is 5.97 Å². The Labute approximate surface area is 60.5 Å². The highest BCUT2D eigenvalue weighted by molar-refractivity contribution is 6.22. The Morgan fingerprint density at radius 1 is 1.50 bits per heavy atom. The lowest BCUT2D eigenvalue weighted by Gasteiger charge is -1.87. The van der Waals surface area contributed by atoms with Crippen molar-refractivity contribution in [1.29, 1.82) is 0 Å². The van der Waals surface area contributed by atoms with Crippen molar-refractivity contribution < 1.29 is 14.3 Å². The number of hydrogen-bond acceptors (Lipinski definition) is 3. The third-order valence-electron chi connectivity index (χ3n) is 0.955. The second-order valence-electron chi connectivity index (χ2n) is 1.68. The van der Waals surface area contributed by atoms with Crippen molar-refractivity contribution in [3.05, 3.63) is 12.2 Å². The van der Waals surface area contributed by atoms with Crippen molar-refractivity contribution in [3.63, 3.8) is 0 Å². The third-order valence-corrected chi connectivity index (χ3v) is 0.955. The van der Waals surface area contributed by atoms with Gasteiger partial charge in [0.05, 0.1) is 7.11 Å². The van der Waals surface area contributed by atoms with E-state index in [1.807, 2.05) is 0 Å². The molecular formula is C6H9BO3. The van der Waals surface area contributed by atoms with Crippen LogP contribution in [0.2, 0.25) is 6.32 Å². The first-order chi connectivity index (χ1) is 4.70. The van der Waals surface area contributed by atoms with Crippen LogP contribution in [0.15, 0.2) is 12.2 Å². The topological polar surface area (TPSA) is 43.4 Å². The van der Waals surface area contributed by atoms with Gasteiger partial charge in [0.1, 0.15) is 13.6 Å². The molecule has 0 saturated heterocycles. The van der Waals surface area contributed by atoms with Crippen LogP contribution in [0.5, 0.6) is 0 Å². The summed E-state index contributed by atoms with van der Waals surface area (Å²) in [7, 11) is 2.99. The molecule has 10 heavy (non-hydrogen) atoms. The van der Waals surface area contributed by atoms with Crippen molar-refractivity contribution in [2.75, 3.05) is 7.11 Å². The summed E-state index contributed by atoms with van der Waals surface area (Å²) >= 11 is 0. The van der Waals surface area contributed by atoms with Crippen LogP contribution in [-0.2, 0) is 14.3 Å². The summed E-state index contributed by atoms with van der Waals surface area (Å²) in [6, 6.07) is 0. The normalized spacial score (nSPS) is 9.70. The molecule has 0 aromatic rings. The van der Waals surface area contributed by atoms with Gasteiger partial charge in [-0.1, -0.05) is 0 Å². The van der Waals surface area contributed by atoms with Crippen LogP contribution >= 0.6 is 0 Å². The Kier molecular flexibility index (Phi) is 4.28. The predicted octanol–water partition coefficient (Wildman–Crippen LogP) is -0.664. The quantitative estimate of drug-likeness (QED) is 0.296. The maximum atomic E-state index is 10.5. The zero-order valence-electron chi connectivity index (χ0n) is 6.09. The van der Waals surface area contributed by atoms with E-state index >= 15 is 0 Å². The number of hydrogen-bond donors (Lipinski definition) is 0. The molecule has 0 N–H and O–H groups in total. The van der Waals surface area contributed by atoms with Crippen molar-refractivity contribution in [2.45, 2.75) is 6.32 Å². The third kappa shape index (κ3) is 3.89. The van der Waals surface area contributed by atoms with Crippen LogP contribution in [0.3, 0.4) is 0 Å². The van der Waals surface area contributed by atoms with Gasteiger partial charge in [-0.2, -0.15) is 0 Å². The van der Waals surface area contributed by atoms with Crippen LogP contribution in [-0.4, -0.2) is 26.7 Å². The van der Waals surface area contributed by atoms with Gasteiger partial charge in [0.2, 0.25) is 0 Å². The number of ether oxygens (including phenoxy) is 1. The SMILES string of the molecule is BCC(=O)/C=C\C(=O)OC. The Morgan fingerprint density at radius 2 is 2.10 bits per heavy atom. The molecule has 0 saturated carbocycles. The highest BCUT2D eigenvalue weighted by Crippen LogP contribution is 1.83. The summed E-state index contributed by atoms with van der Waals surface area (Å²) in [6.07, 6.45) is 2.74. The number of carbonyl (C=O) groups is 2. The van der Waals surface area contributed by atoms with Crippen molar-refractivity contribution in [3.8, 4) is 0 Å². The van der Waals surface area contributed by atoms with E-state index in [1.165, 1.54) is 13.2 Å². The van der Waals surface area contributed by atoms with Crippen LogP contribution in [0.25, 0.3) is 0 Å². The molecular weight excluding hydrogens is 131 g/mol. The molecule has 0 fully saturated rings. The van der Waals surface area contributed by atoms with Crippen LogP contribution in [0, 0.1) is 0 Å². The van der Waals surface area contributed by atoms with Gasteiger partial charge in [-0.05, 0) is 12.4 Å². The van der Waals surface area contributed by atoms with Crippen LogP contribution < -0.4 is 0 Å². The number of ketones is 1. The lowest BCUT2D eigenvalue weighted by molar-refractivity contribution is -0.135. The second kappa shape index (κ2) is 4.79. The lowest BCUT2D eigenvalue weighted by Crippen LogP contribution is -1.97. The van der Waals surface area contributed by atoms with Gasteiger partial charge in [0, 0.05) is 6.08 Å². The summed E-state index contributed by atoms with van der Waals surface area (Å²) in [5.74, 6) is -0.577. The molecule has 0 bridgehead atoms. The molecule has 0 aromatic heterocycles. The van der Waals surface area contributed by atoms with E-state index in [1.54, 1.807) is 7.85 Å². The van der Waals surface area contributed by atoms with Gasteiger partial charge >= 0.3 is 5.97 Å². The van der Waals surface area contributed by atoms with Gasteiger partial charge in [0.15, 0.2) is 0 Å². The van der Waals surface area contributed by atoms with Crippen LogP contribution in [0.1, 0.15) is 0 Å². The highest BCUT2D eigenvalue weighted by atomic mass is 16.5. The molecule has 0 aromatic carbocycles. The number of carbonyl (C=O) groups excluding carboxylic acids is 2. The number of allylic oxidation sites excluding steroid dienone is 1. The maximum Gasteiger partial charge on any atom is 0.330 e. The fraction of sp³-hybridized carbons (Fsp3) is 0.333. The minimum absolute atomic E-state index is 0.0783. The Hall–Kier alpha value is -1.06. The maximum absolute atomic E-state index is 10.5. The van der Waals surface area contributed by atoms with E-state index in [0.717, 1.165) is 6.08 Å². The average molecular weight is 140 g/mol. The first kappa shape index (κ1) is 8.94. The molecule has 4 heteroatoms. The smallest absolute Gasteiger partial charge is 0.330 e. The van der Waals surface area contributed by atoms with Gasteiger partial charge in [0.25, 0.3) is 0 Å². The van der Waals surface area contributed by atoms with Crippen LogP contribution in [0.4, 0.5) is 0 Å². The fourth-order valence-corrected chi connectivity index (χ4v) is 0.347. The Morgan fingerprint density at radius 3 is 2.50 bits per heavy atom. The summed E-state index contributed by atoms with van der Waals surface area (Å²) in [6.45, 7) is 0. The van der Waals surface area contributed by atoms with Gasteiger partial charge < -0.3 is 4.74 Å². The van der Waals surface area contributed by atoms with E-state index in [-0.39, 0.29) is 5.78 Å². The molecule has 0 aliphatic carbocycles. The van der Waals surface area contributed by atoms with Crippen molar-refractivity contribution >= 4 is 19.6 Å². The van der Waals surface area contributed by atoms with Gasteiger partial charge in [-0.3, -0.25) is 4.79 Å². The molecule has 3 nitrogen and oxygen atoms in total. The Bertz CT molecular complexity index is 144. The number of esters is 1. The molecule has 0 radical (unpaired) electrons. The molecule has 54 valence electrons. The fourth-order valence-electron chi connectivity index (χ4n) is 0.347.